The van der Waals surface area contributed by atoms with Crippen LogP contribution in [0.2, 0.25) is 0 Å². The molecule has 0 saturated carbocycles. The first kappa shape index (κ1) is 26.2. The van der Waals surface area contributed by atoms with Crippen molar-refractivity contribution in [1.29, 1.82) is 0 Å². The zero-order chi connectivity index (χ0) is 20.2. The maximum atomic E-state index is 5.92. The highest BCUT2D eigenvalue weighted by Gasteiger charge is 2.25. The van der Waals surface area contributed by atoms with Gasteiger partial charge in [0.1, 0.15) is 11.5 Å². The third kappa shape index (κ3) is 9.65. The maximum Gasteiger partial charge on any atom is 0.191 e. The number of methoxy groups -OCH3 is 1. The van der Waals surface area contributed by atoms with Gasteiger partial charge in [-0.3, -0.25) is 9.89 Å². The van der Waals surface area contributed by atoms with E-state index in [0.29, 0.717) is 0 Å². The molecule has 9 heteroatoms. The fourth-order valence-corrected chi connectivity index (χ4v) is 3.30. The molecule has 0 spiro atoms. The SMILES string of the molecule is CN=C(NCCN(C)CCCOC)NCC(c1ccc(C)o1)N1CCOCC1.I. The lowest BCUT2D eigenvalue weighted by Gasteiger charge is -2.33. The van der Waals surface area contributed by atoms with Gasteiger partial charge in [0.05, 0.1) is 19.3 Å². The van der Waals surface area contributed by atoms with Crippen LogP contribution in [0, 0.1) is 6.92 Å². The van der Waals surface area contributed by atoms with Crippen LogP contribution < -0.4 is 10.6 Å². The second kappa shape index (κ2) is 15.0. The second-order valence-electron chi connectivity index (χ2n) is 7.14. The minimum absolute atomic E-state index is 0. The van der Waals surface area contributed by atoms with Gasteiger partial charge in [-0.25, -0.2) is 0 Å². The molecule has 1 aromatic rings. The summed E-state index contributed by atoms with van der Waals surface area (Å²) in [7, 11) is 5.67. The topological polar surface area (TPSA) is 74.5 Å². The first-order valence-corrected chi connectivity index (χ1v) is 10.1. The standard InChI is InChI=1S/C20H37N5O3.HI/c1-17-6-7-19(28-17)18(25-11-14-27-15-12-25)16-23-20(21-2)22-8-10-24(3)9-5-13-26-4;/h6-7,18H,5,8-16H2,1-4H3,(H2,21,22,23);1H. The van der Waals surface area contributed by atoms with E-state index in [0.717, 1.165) is 83.0 Å². The van der Waals surface area contributed by atoms with Crippen molar-refractivity contribution < 1.29 is 13.9 Å². The van der Waals surface area contributed by atoms with E-state index in [2.05, 4.69) is 38.5 Å². The highest BCUT2D eigenvalue weighted by Crippen LogP contribution is 2.23. The highest BCUT2D eigenvalue weighted by molar-refractivity contribution is 14.0. The zero-order valence-electron chi connectivity index (χ0n) is 18.3. The monoisotopic (exact) mass is 523 g/mol. The van der Waals surface area contributed by atoms with Gasteiger partial charge in [0.25, 0.3) is 0 Å². The number of likely N-dealkylation sites (N-methyl/N-ethyl adjacent to an activating group) is 1. The lowest BCUT2D eigenvalue weighted by Crippen LogP contribution is -2.47. The van der Waals surface area contributed by atoms with Crippen LogP contribution in [0.15, 0.2) is 21.5 Å². The van der Waals surface area contributed by atoms with E-state index in [1.165, 1.54) is 0 Å². The van der Waals surface area contributed by atoms with Crippen LogP contribution in [0.5, 0.6) is 0 Å². The number of hydrogen-bond acceptors (Lipinski definition) is 6. The maximum absolute atomic E-state index is 5.92. The Labute approximate surface area is 192 Å². The number of aliphatic imine (C=N–C) groups is 1. The van der Waals surface area contributed by atoms with E-state index in [1.54, 1.807) is 14.2 Å². The number of nitrogens with zero attached hydrogens (tertiary/aromatic N) is 3. The van der Waals surface area contributed by atoms with E-state index >= 15 is 0 Å². The van der Waals surface area contributed by atoms with Crippen LogP contribution in [0.25, 0.3) is 0 Å². The highest BCUT2D eigenvalue weighted by atomic mass is 127. The molecule has 2 N–H and O–H groups in total. The number of halogens is 1. The Bertz CT molecular complexity index is 578. The summed E-state index contributed by atoms with van der Waals surface area (Å²) in [5.74, 6) is 2.74. The van der Waals surface area contributed by atoms with Crippen molar-refractivity contribution in [2.75, 3.05) is 80.3 Å². The number of aryl methyl sites for hydroxylation is 1. The van der Waals surface area contributed by atoms with Crippen LogP contribution in [0.3, 0.4) is 0 Å². The Hall–Kier alpha value is -0.880. The molecule has 1 aliphatic rings. The zero-order valence-corrected chi connectivity index (χ0v) is 20.6. The number of morpholine rings is 1. The molecule has 0 radical (unpaired) electrons. The summed E-state index contributed by atoms with van der Waals surface area (Å²) in [6.45, 7) is 9.67. The molecule has 29 heavy (non-hydrogen) atoms. The largest absolute Gasteiger partial charge is 0.465 e. The predicted molar refractivity (Wildman–Crippen MR) is 127 cm³/mol. The number of hydrogen-bond donors (Lipinski definition) is 2. The molecule has 0 bridgehead atoms. The van der Waals surface area contributed by atoms with Crippen molar-refractivity contribution in [2.24, 2.45) is 4.99 Å². The Morgan fingerprint density at radius 3 is 2.66 bits per heavy atom. The van der Waals surface area contributed by atoms with Crippen molar-refractivity contribution in [3.63, 3.8) is 0 Å². The van der Waals surface area contributed by atoms with Crippen LogP contribution >= 0.6 is 24.0 Å². The summed E-state index contributed by atoms with van der Waals surface area (Å²) in [4.78, 5) is 9.06. The number of nitrogens with one attached hydrogen (secondary N) is 2. The molecule has 168 valence electrons. The Kier molecular flexibility index (Phi) is 13.5. The van der Waals surface area contributed by atoms with Gasteiger partial charge in [0.15, 0.2) is 5.96 Å². The molecule has 0 aromatic carbocycles. The Balaban J connectivity index is 0.00000420. The van der Waals surface area contributed by atoms with Crippen molar-refractivity contribution in [3.8, 4) is 0 Å². The van der Waals surface area contributed by atoms with Crippen molar-refractivity contribution in [3.05, 3.63) is 23.7 Å². The van der Waals surface area contributed by atoms with Gasteiger partial charge in [-0.2, -0.15) is 0 Å². The summed E-state index contributed by atoms with van der Waals surface area (Å²) in [6, 6.07) is 4.25. The Morgan fingerprint density at radius 2 is 2.03 bits per heavy atom. The third-order valence-corrected chi connectivity index (χ3v) is 4.94. The molecule has 1 aliphatic heterocycles. The summed E-state index contributed by atoms with van der Waals surface area (Å²) in [5.41, 5.74) is 0. The van der Waals surface area contributed by atoms with Gasteiger partial charge in [-0.1, -0.05) is 0 Å². The van der Waals surface area contributed by atoms with Crippen LogP contribution in [0.4, 0.5) is 0 Å². The van der Waals surface area contributed by atoms with Gasteiger partial charge in [0.2, 0.25) is 0 Å². The predicted octanol–water partition coefficient (Wildman–Crippen LogP) is 1.71. The summed E-state index contributed by atoms with van der Waals surface area (Å²) < 4.78 is 16.5. The van der Waals surface area contributed by atoms with Crippen molar-refractivity contribution in [1.82, 2.24) is 20.4 Å². The number of ether oxygens (including phenoxy) is 2. The first-order valence-electron chi connectivity index (χ1n) is 10.1. The van der Waals surface area contributed by atoms with Gasteiger partial charge in [-0.05, 0) is 32.5 Å². The summed E-state index contributed by atoms with van der Waals surface area (Å²) >= 11 is 0. The van der Waals surface area contributed by atoms with Gasteiger partial charge < -0.3 is 29.4 Å². The normalized spacial score (nSPS) is 16.5. The lowest BCUT2D eigenvalue weighted by atomic mass is 10.1. The van der Waals surface area contributed by atoms with E-state index in [1.807, 2.05) is 13.0 Å². The Morgan fingerprint density at radius 1 is 1.28 bits per heavy atom. The molecule has 1 saturated heterocycles. The molecule has 1 aromatic heterocycles. The average Bonchev–Trinajstić information content (AvgIpc) is 3.13. The lowest BCUT2D eigenvalue weighted by molar-refractivity contribution is 0.0124. The van der Waals surface area contributed by atoms with Crippen LogP contribution in [0.1, 0.15) is 24.0 Å². The molecule has 1 atom stereocenters. The molecule has 1 fully saturated rings. The number of guanidine groups is 1. The molecule has 0 amide bonds. The van der Waals surface area contributed by atoms with E-state index < -0.39 is 0 Å². The number of furan rings is 1. The quantitative estimate of drug-likeness (QED) is 0.198. The third-order valence-electron chi connectivity index (χ3n) is 4.94. The minimum Gasteiger partial charge on any atom is -0.465 e. The fourth-order valence-electron chi connectivity index (χ4n) is 3.30. The molecule has 8 nitrogen and oxygen atoms in total. The van der Waals surface area contributed by atoms with Crippen LogP contribution in [-0.4, -0.2) is 96.1 Å². The van der Waals surface area contributed by atoms with Crippen LogP contribution in [-0.2, 0) is 9.47 Å². The fraction of sp³-hybridized carbons (Fsp3) is 0.750. The van der Waals surface area contributed by atoms with Gasteiger partial charge in [-0.15, -0.1) is 24.0 Å². The molecular formula is C20H38IN5O3. The first-order chi connectivity index (χ1) is 13.6. The summed E-state index contributed by atoms with van der Waals surface area (Å²) in [6.07, 6.45) is 1.05. The average molecular weight is 523 g/mol. The second-order valence-corrected chi connectivity index (χ2v) is 7.14. The molecular weight excluding hydrogens is 485 g/mol. The number of rotatable bonds is 11. The molecule has 2 heterocycles. The van der Waals surface area contributed by atoms with Gasteiger partial charge >= 0.3 is 0 Å². The van der Waals surface area contributed by atoms with E-state index in [-0.39, 0.29) is 30.0 Å². The van der Waals surface area contributed by atoms with Gasteiger partial charge in [0, 0.05) is 60.0 Å². The van der Waals surface area contributed by atoms with Crippen molar-refractivity contribution in [2.45, 2.75) is 19.4 Å². The molecule has 2 rings (SSSR count). The molecule has 1 unspecified atom stereocenters. The van der Waals surface area contributed by atoms with E-state index in [4.69, 9.17) is 13.9 Å². The smallest absolute Gasteiger partial charge is 0.191 e. The minimum atomic E-state index is 0. The summed E-state index contributed by atoms with van der Waals surface area (Å²) in [5, 5.41) is 6.86. The van der Waals surface area contributed by atoms with E-state index in [9.17, 15) is 0 Å². The molecule has 0 aliphatic carbocycles. The van der Waals surface area contributed by atoms with Crippen molar-refractivity contribution >= 4 is 29.9 Å².